The van der Waals surface area contributed by atoms with E-state index in [4.69, 9.17) is 0 Å². The van der Waals surface area contributed by atoms with Gasteiger partial charge in [0.2, 0.25) is 0 Å². The average Bonchev–Trinajstić information content (AvgIpc) is 2.48. The molecule has 2 aliphatic carbocycles. The van der Waals surface area contributed by atoms with Gasteiger partial charge in [-0.15, -0.1) is 0 Å². The van der Waals surface area contributed by atoms with Gasteiger partial charge in [-0.05, 0) is 56.4 Å². The lowest BCUT2D eigenvalue weighted by atomic mass is 9.74. The van der Waals surface area contributed by atoms with Gasteiger partial charge in [-0.25, -0.2) is 0 Å². The predicted molar refractivity (Wildman–Crippen MR) is 85.8 cm³/mol. The van der Waals surface area contributed by atoms with Gasteiger partial charge in [0.05, 0.1) is 0 Å². The molecule has 1 nitrogen and oxygen atoms in total. The second-order valence-electron chi connectivity index (χ2n) is 6.96. The van der Waals surface area contributed by atoms with Crippen LogP contribution in [0, 0.1) is 11.8 Å². The third-order valence-electron chi connectivity index (χ3n) is 5.32. The number of carbonyl (C=O) groups excluding carboxylic acids is 1. The SMILES string of the molecule is CCCCCCC[C@H]1CC[C@H](C2=CC(=O)CCC2)CC1. The Morgan fingerprint density at radius 1 is 1.00 bits per heavy atom. The van der Waals surface area contributed by atoms with Crippen molar-refractivity contribution < 1.29 is 4.79 Å². The van der Waals surface area contributed by atoms with E-state index in [-0.39, 0.29) is 0 Å². The van der Waals surface area contributed by atoms with Crippen molar-refractivity contribution in [2.75, 3.05) is 0 Å². The second-order valence-corrected chi connectivity index (χ2v) is 6.96. The topological polar surface area (TPSA) is 17.1 Å². The zero-order valence-electron chi connectivity index (χ0n) is 13.3. The molecule has 1 heteroatoms. The normalized spacial score (nSPS) is 27.4. The number of hydrogen-bond acceptors (Lipinski definition) is 1. The maximum atomic E-state index is 11.5. The van der Waals surface area contributed by atoms with E-state index in [0.717, 1.165) is 24.7 Å². The number of ketones is 1. The molecule has 0 atom stereocenters. The molecule has 2 aliphatic rings. The Kier molecular flexibility index (Phi) is 6.82. The first-order valence-electron chi connectivity index (χ1n) is 9.03. The molecule has 0 heterocycles. The molecule has 0 aromatic heterocycles. The summed E-state index contributed by atoms with van der Waals surface area (Å²) in [6.45, 7) is 2.28. The van der Waals surface area contributed by atoms with Crippen LogP contribution in [-0.2, 0) is 4.79 Å². The Morgan fingerprint density at radius 3 is 2.45 bits per heavy atom. The largest absolute Gasteiger partial charge is 0.295 e. The monoisotopic (exact) mass is 276 g/mol. The van der Waals surface area contributed by atoms with Gasteiger partial charge in [-0.1, -0.05) is 51.0 Å². The first kappa shape index (κ1) is 15.8. The van der Waals surface area contributed by atoms with Crippen LogP contribution in [0.5, 0.6) is 0 Å². The number of hydrogen-bond donors (Lipinski definition) is 0. The molecule has 0 aromatic rings. The highest BCUT2D eigenvalue weighted by atomic mass is 16.1. The Bertz CT molecular complexity index is 321. The summed E-state index contributed by atoms with van der Waals surface area (Å²) in [4.78, 5) is 11.5. The van der Waals surface area contributed by atoms with Gasteiger partial charge in [-0.2, -0.15) is 0 Å². The van der Waals surface area contributed by atoms with Crippen molar-refractivity contribution in [3.63, 3.8) is 0 Å². The van der Waals surface area contributed by atoms with E-state index < -0.39 is 0 Å². The summed E-state index contributed by atoms with van der Waals surface area (Å²) >= 11 is 0. The minimum absolute atomic E-state index is 0.379. The average molecular weight is 276 g/mol. The van der Waals surface area contributed by atoms with E-state index in [9.17, 15) is 4.79 Å². The molecule has 0 unspecified atom stereocenters. The minimum Gasteiger partial charge on any atom is -0.295 e. The molecule has 0 aliphatic heterocycles. The van der Waals surface area contributed by atoms with Crippen molar-refractivity contribution in [2.45, 2.75) is 90.4 Å². The Balaban J connectivity index is 1.63. The van der Waals surface area contributed by atoms with Gasteiger partial charge in [0.15, 0.2) is 5.78 Å². The molecule has 1 saturated carbocycles. The Morgan fingerprint density at radius 2 is 1.75 bits per heavy atom. The van der Waals surface area contributed by atoms with Gasteiger partial charge in [0, 0.05) is 6.42 Å². The number of carbonyl (C=O) groups is 1. The van der Waals surface area contributed by atoms with Crippen molar-refractivity contribution in [1.29, 1.82) is 0 Å². The highest BCUT2D eigenvalue weighted by Gasteiger charge is 2.25. The lowest BCUT2D eigenvalue weighted by Gasteiger charge is -2.31. The molecular formula is C19H32O. The zero-order chi connectivity index (χ0) is 14.2. The van der Waals surface area contributed by atoms with Gasteiger partial charge >= 0.3 is 0 Å². The van der Waals surface area contributed by atoms with Crippen LogP contribution >= 0.6 is 0 Å². The summed E-state index contributed by atoms with van der Waals surface area (Å²) in [5, 5.41) is 0. The molecule has 0 spiro atoms. The van der Waals surface area contributed by atoms with Crippen molar-refractivity contribution in [2.24, 2.45) is 11.8 Å². The van der Waals surface area contributed by atoms with Gasteiger partial charge in [0.1, 0.15) is 0 Å². The standard InChI is InChI=1S/C19H32O/c1-2-3-4-5-6-8-16-11-13-17(14-12-16)18-9-7-10-19(20)15-18/h15-17H,2-14H2,1H3/t16-,17-. The highest BCUT2D eigenvalue weighted by Crippen LogP contribution is 2.38. The molecule has 0 radical (unpaired) electrons. The Hall–Kier alpha value is -0.590. The molecule has 0 amide bonds. The third-order valence-corrected chi connectivity index (χ3v) is 5.32. The smallest absolute Gasteiger partial charge is 0.155 e. The molecular weight excluding hydrogens is 244 g/mol. The fourth-order valence-corrected chi connectivity index (χ4v) is 4.00. The van der Waals surface area contributed by atoms with Crippen LogP contribution in [0.4, 0.5) is 0 Å². The fourth-order valence-electron chi connectivity index (χ4n) is 4.00. The van der Waals surface area contributed by atoms with Crippen molar-refractivity contribution in [1.82, 2.24) is 0 Å². The lowest BCUT2D eigenvalue weighted by molar-refractivity contribution is -0.115. The molecule has 0 saturated heterocycles. The Labute approximate surface area is 125 Å². The first-order valence-corrected chi connectivity index (χ1v) is 9.03. The maximum absolute atomic E-state index is 11.5. The van der Waals surface area contributed by atoms with Crippen LogP contribution in [0.3, 0.4) is 0 Å². The number of allylic oxidation sites excluding steroid dienone is 2. The van der Waals surface area contributed by atoms with Crippen LogP contribution in [0.15, 0.2) is 11.6 Å². The summed E-state index contributed by atoms with van der Waals surface area (Å²) in [6, 6.07) is 0. The fraction of sp³-hybridized carbons (Fsp3) is 0.842. The van der Waals surface area contributed by atoms with Crippen LogP contribution in [0.2, 0.25) is 0 Å². The quantitative estimate of drug-likeness (QED) is 0.534. The maximum Gasteiger partial charge on any atom is 0.155 e. The van der Waals surface area contributed by atoms with Crippen LogP contribution in [0.25, 0.3) is 0 Å². The second kappa shape index (κ2) is 8.64. The summed E-state index contributed by atoms with van der Waals surface area (Å²) < 4.78 is 0. The van der Waals surface area contributed by atoms with E-state index in [0.29, 0.717) is 5.78 Å². The summed E-state index contributed by atoms with van der Waals surface area (Å²) in [5.41, 5.74) is 1.49. The number of rotatable bonds is 7. The van der Waals surface area contributed by atoms with Crippen LogP contribution in [-0.4, -0.2) is 5.78 Å². The van der Waals surface area contributed by atoms with Crippen LogP contribution in [0.1, 0.15) is 90.4 Å². The van der Waals surface area contributed by atoms with E-state index in [2.05, 4.69) is 6.92 Å². The van der Waals surface area contributed by atoms with E-state index in [1.165, 1.54) is 76.2 Å². The summed E-state index contributed by atoms with van der Waals surface area (Å²) in [5.74, 6) is 2.10. The number of unbranched alkanes of at least 4 members (excludes halogenated alkanes) is 4. The lowest BCUT2D eigenvalue weighted by Crippen LogP contribution is -2.18. The summed E-state index contributed by atoms with van der Waals surface area (Å²) in [7, 11) is 0. The molecule has 20 heavy (non-hydrogen) atoms. The van der Waals surface area contributed by atoms with Gasteiger partial charge < -0.3 is 0 Å². The van der Waals surface area contributed by atoms with Crippen LogP contribution < -0.4 is 0 Å². The third kappa shape index (κ3) is 5.07. The van der Waals surface area contributed by atoms with Crippen molar-refractivity contribution in [3.05, 3.63) is 11.6 Å². The molecule has 0 N–H and O–H groups in total. The van der Waals surface area contributed by atoms with E-state index in [1.54, 1.807) is 0 Å². The van der Waals surface area contributed by atoms with Crippen molar-refractivity contribution in [3.8, 4) is 0 Å². The first-order chi connectivity index (χ1) is 9.79. The molecule has 0 bridgehead atoms. The molecule has 114 valence electrons. The molecule has 0 aromatic carbocycles. The van der Waals surface area contributed by atoms with Gasteiger partial charge in [0.25, 0.3) is 0 Å². The minimum atomic E-state index is 0.379. The predicted octanol–water partition coefficient (Wildman–Crippen LogP) is 5.83. The summed E-state index contributed by atoms with van der Waals surface area (Å²) in [6.07, 6.45) is 19.1. The zero-order valence-corrected chi connectivity index (χ0v) is 13.3. The van der Waals surface area contributed by atoms with E-state index in [1.807, 2.05) is 6.08 Å². The molecule has 1 fully saturated rings. The van der Waals surface area contributed by atoms with Gasteiger partial charge in [-0.3, -0.25) is 4.79 Å². The highest BCUT2D eigenvalue weighted by molar-refractivity contribution is 5.91. The van der Waals surface area contributed by atoms with E-state index >= 15 is 0 Å². The molecule has 2 rings (SSSR count). The van der Waals surface area contributed by atoms with Crippen molar-refractivity contribution >= 4 is 5.78 Å².